The van der Waals surface area contributed by atoms with E-state index in [-0.39, 0.29) is 22.4 Å². The number of nitro benzene ring substituents is 1. The largest absolute Gasteiger partial charge is 0.337 e. The minimum absolute atomic E-state index is 0.151. The third-order valence-electron chi connectivity index (χ3n) is 3.31. The molecule has 0 unspecified atom stereocenters. The van der Waals surface area contributed by atoms with Crippen LogP contribution in [0, 0.1) is 10.1 Å². The van der Waals surface area contributed by atoms with Crippen molar-refractivity contribution >= 4 is 16.7 Å². The maximum absolute atomic E-state index is 12.4. The molecule has 0 N–H and O–H groups in total. The SMILES string of the molecule is Cn1c(=O)c2cccnc2n(-c2cccc([N+](=O)[O-])c2)c1=O. The second-order valence-electron chi connectivity index (χ2n) is 4.63. The van der Waals surface area contributed by atoms with Crippen molar-refractivity contribution < 1.29 is 4.92 Å². The summed E-state index contributed by atoms with van der Waals surface area (Å²) < 4.78 is 2.13. The Hall–Kier alpha value is -3.29. The summed E-state index contributed by atoms with van der Waals surface area (Å²) in [4.78, 5) is 38.9. The summed E-state index contributed by atoms with van der Waals surface area (Å²) in [6, 6.07) is 8.75. The number of rotatable bonds is 2. The molecule has 0 bridgehead atoms. The number of nitro groups is 1. The van der Waals surface area contributed by atoms with Gasteiger partial charge in [0.15, 0.2) is 5.65 Å². The molecule has 2 heterocycles. The molecule has 8 heteroatoms. The van der Waals surface area contributed by atoms with Crippen LogP contribution in [0.25, 0.3) is 16.7 Å². The third-order valence-corrected chi connectivity index (χ3v) is 3.31. The van der Waals surface area contributed by atoms with Crippen LogP contribution in [0.2, 0.25) is 0 Å². The van der Waals surface area contributed by atoms with E-state index in [1.165, 1.54) is 36.0 Å². The van der Waals surface area contributed by atoms with Gasteiger partial charge >= 0.3 is 5.69 Å². The molecular weight excluding hydrogens is 288 g/mol. The van der Waals surface area contributed by atoms with E-state index in [0.29, 0.717) is 0 Å². The Bertz CT molecular complexity index is 1020. The highest BCUT2D eigenvalue weighted by atomic mass is 16.6. The van der Waals surface area contributed by atoms with Crippen molar-refractivity contribution in [2.24, 2.45) is 7.05 Å². The fourth-order valence-electron chi connectivity index (χ4n) is 2.23. The second-order valence-corrected chi connectivity index (χ2v) is 4.63. The van der Waals surface area contributed by atoms with Crippen LogP contribution in [0.5, 0.6) is 0 Å². The first-order valence-corrected chi connectivity index (χ1v) is 6.32. The molecule has 2 aromatic heterocycles. The van der Waals surface area contributed by atoms with Crippen LogP contribution in [0.15, 0.2) is 52.2 Å². The smallest absolute Gasteiger partial charge is 0.268 e. The Morgan fingerprint density at radius 3 is 2.68 bits per heavy atom. The van der Waals surface area contributed by atoms with Crippen molar-refractivity contribution in [3.63, 3.8) is 0 Å². The summed E-state index contributed by atoms with van der Waals surface area (Å²) in [6.07, 6.45) is 1.45. The van der Waals surface area contributed by atoms with Gasteiger partial charge < -0.3 is 0 Å². The van der Waals surface area contributed by atoms with E-state index in [2.05, 4.69) is 4.98 Å². The summed E-state index contributed by atoms with van der Waals surface area (Å²) in [5.41, 5.74) is -0.789. The zero-order valence-corrected chi connectivity index (χ0v) is 11.5. The highest BCUT2D eigenvalue weighted by Crippen LogP contribution is 2.17. The molecule has 0 amide bonds. The quantitative estimate of drug-likeness (QED) is 0.519. The average molecular weight is 298 g/mol. The highest BCUT2D eigenvalue weighted by Gasteiger charge is 2.15. The number of non-ortho nitro benzene ring substituents is 1. The number of benzene rings is 1. The minimum Gasteiger partial charge on any atom is -0.268 e. The first-order chi connectivity index (χ1) is 10.5. The van der Waals surface area contributed by atoms with E-state index >= 15 is 0 Å². The molecule has 110 valence electrons. The Morgan fingerprint density at radius 1 is 1.18 bits per heavy atom. The number of pyridine rings is 1. The molecule has 0 aliphatic carbocycles. The van der Waals surface area contributed by atoms with Crippen LogP contribution in [0.1, 0.15) is 0 Å². The van der Waals surface area contributed by atoms with E-state index in [4.69, 9.17) is 0 Å². The lowest BCUT2D eigenvalue weighted by atomic mass is 10.2. The first-order valence-electron chi connectivity index (χ1n) is 6.32. The number of fused-ring (bicyclic) bond motifs is 1. The van der Waals surface area contributed by atoms with Crippen LogP contribution < -0.4 is 11.2 Å². The van der Waals surface area contributed by atoms with E-state index in [0.717, 1.165) is 4.57 Å². The van der Waals surface area contributed by atoms with Crippen molar-refractivity contribution in [3.8, 4) is 5.69 Å². The molecule has 8 nitrogen and oxygen atoms in total. The first kappa shape index (κ1) is 13.7. The number of hydrogen-bond acceptors (Lipinski definition) is 5. The molecule has 0 saturated carbocycles. The summed E-state index contributed by atoms with van der Waals surface area (Å²) in [5, 5.41) is 11.2. The Labute approximate surface area is 123 Å². The molecule has 3 rings (SSSR count). The molecule has 0 spiro atoms. The maximum Gasteiger partial charge on any atom is 0.337 e. The van der Waals surface area contributed by atoms with E-state index in [1.807, 2.05) is 0 Å². The molecule has 0 fully saturated rings. The van der Waals surface area contributed by atoms with Gasteiger partial charge in [-0.05, 0) is 18.2 Å². The lowest BCUT2D eigenvalue weighted by Crippen LogP contribution is -2.37. The fraction of sp³-hybridized carbons (Fsp3) is 0.0714. The summed E-state index contributed by atoms with van der Waals surface area (Å²) in [5.74, 6) is 0. The molecule has 0 aliphatic rings. The number of hydrogen-bond donors (Lipinski definition) is 0. The maximum atomic E-state index is 12.4. The predicted molar refractivity (Wildman–Crippen MR) is 79.2 cm³/mol. The van der Waals surface area contributed by atoms with Gasteiger partial charge in [-0.1, -0.05) is 6.07 Å². The van der Waals surface area contributed by atoms with Gasteiger partial charge in [0.2, 0.25) is 0 Å². The van der Waals surface area contributed by atoms with Crippen LogP contribution in [0.3, 0.4) is 0 Å². The van der Waals surface area contributed by atoms with Gasteiger partial charge in [0, 0.05) is 25.4 Å². The Kier molecular flexibility index (Phi) is 3.06. The zero-order chi connectivity index (χ0) is 15.9. The Balaban J connectivity index is 2.46. The van der Waals surface area contributed by atoms with Gasteiger partial charge in [-0.2, -0.15) is 0 Å². The molecule has 22 heavy (non-hydrogen) atoms. The fourth-order valence-corrected chi connectivity index (χ4v) is 2.23. The van der Waals surface area contributed by atoms with E-state index in [9.17, 15) is 19.7 Å². The van der Waals surface area contributed by atoms with Gasteiger partial charge in [0.05, 0.1) is 16.0 Å². The van der Waals surface area contributed by atoms with Gasteiger partial charge in [-0.3, -0.25) is 19.5 Å². The van der Waals surface area contributed by atoms with Crippen molar-refractivity contribution in [1.29, 1.82) is 0 Å². The summed E-state index contributed by atoms with van der Waals surface area (Å²) in [6.45, 7) is 0. The molecule has 0 saturated heterocycles. The van der Waals surface area contributed by atoms with Crippen molar-refractivity contribution in [2.45, 2.75) is 0 Å². The average Bonchev–Trinajstić information content (AvgIpc) is 2.53. The van der Waals surface area contributed by atoms with Gasteiger partial charge in [-0.25, -0.2) is 14.3 Å². The molecule has 0 radical (unpaired) electrons. The van der Waals surface area contributed by atoms with Gasteiger partial charge in [0.1, 0.15) is 0 Å². The van der Waals surface area contributed by atoms with Crippen molar-refractivity contribution in [3.05, 3.63) is 73.5 Å². The van der Waals surface area contributed by atoms with Gasteiger partial charge in [0.25, 0.3) is 11.2 Å². The van der Waals surface area contributed by atoms with E-state index in [1.54, 1.807) is 18.2 Å². The molecule has 0 atom stereocenters. The second kappa shape index (κ2) is 4.92. The number of nitrogens with zero attached hydrogens (tertiary/aromatic N) is 4. The summed E-state index contributed by atoms with van der Waals surface area (Å²) in [7, 11) is 1.35. The lowest BCUT2D eigenvalue weighted by Gasteiger charge is -2.10. The zero-order valence-electron chi connectivity index (χ0n) is 11.5. The monoisotopic (exact) mass is 298 g/mol. The van der Waals surface area contributed by atoms with Crippen molar-refractivity contribution in [1.82, 2.24) is 14.1 Å². The topological polar surface area (TPSA) is 100 Å². The summed E-state index contributed by atoms with van der Waals surface area (Å²) >= 11 is 0. The standard InChI is InChI=1S/C14H10N4O4/c1-16-13(19)11-6-3-7-15-12(11)17(14(16)20)9-4-2-5-10(8-9)18(21)22/h2-8H,1H3. The number of aromatic nitrogens is 3. The van der Waals surface area contributed by atoms with Crippen LogP contribution >= 0.6 is 0 Å². The van der Waals surface area contributed by atoms with E-state index < -0.39 is 16.2 Å². The van der Waals surface area contributed by atoms with Crippen molar-refractivity contribution in [2.75, 3.05) is 0 Å². The normalized spacial score (nSPS) is 10.8. The van der Waals surface area contributed by atoms with Gasteiger partial charge in [-0.15, -0.1) is 0 Å². The molecular formula is C14H10N4O4. The minimum atomic E-state index is -0.614. The predicted octanol–water partition coefficient (Wildman–Crippen LogP) is 0.993. The Morgan fingerprint density at radius 2 is 1.95 bits per heavy atom. The molecule has 0 aliphatic heterocycles. The van der Waals surface area contributed by atoms with Crippen LogP contribution in [-0.2, 0) is 7.05 Å². The molecule has 3 aromatic rings. The van der Waals surface area contributed by atoms with Crippen LogP contribution in [-0.4, -0.2) is 19.0 Å². The highest BCUT2D eigenvalue weighted by molar-refractivity contribution is 5.75. The lowest BCUT2D eigenvalue weighted by molar-refractivity contribution is -0.384. The van der Waals surface area contributed by atoms with Crippen LogP contribution in [0.4, 0.5) is 5.69 Å². The molecule has 1 aromatic carbocycles. The third kappa shape index (κ3) is 1.97.